The predicted molar refractivity (Wildman–Crippen MR) is 111 cm³/mol. The minimum Gasteiger partial charge on any atom is -0.343 e. The number of sulfone groups is 1. The van der Waals surface area contributed by atoms with Crippen LogP contribution in [0, 0.1) is 0 Å². The number of anilines is 2. The lowest BCUT2D eigenvalue weighted by molar-refractivity contribution is 0.104. The molecule has 2 aliphatic heterocycles. The quantitative estimate of drug-likeness (QED) is 0.537. The molecular formula is C22H15NO3S2. The van der Waals surface area contributed by atoms with Crippen LogP contribution in [0.15, 0.2) is 86.3 Å². The Hall–Kier alpha value is -2.83. The molecule has 0 fully saturated rings. The Morgan fingerprint density at radius 3 is 2.43 bits per heavy atom. The molecule has 28 heavy (non-hydrogen) atoms. The highest BCUT2D eigenvalue weighted by Gasteiger charge is 2.38. The summed E-state index contributed by atoms with van der Waals surface area (Å²) in [5.41, 5.74) is 3.12. The third kappa shape index (κ3) is 2.45. The SMILES string of the molecule is CN1c2ccccc2Sc2cc(/C=C3\C(=O)c4ccccc4S3(=O)=O)ccc21. The minimum atomic E-state index is -3.78. The smallest absolute Gasteiger partial charge is 0.211 e. The average Bonchev–Trinajstić information content (AvgIpc) is 2.89. The molecule has 0 N–H and O–H groups in total. The van der Waals surface area contributed by atoms with E-state index in [4.69, 9.17) is 0 Å². The van der Waals surface area contributed by atoms with E-state index in [2.05, 4.69) is 17.0 Å². The van der Waals surface area contributed by atoms with Crippen LogP contribution in [-0.4, -0.2) is 21.2 Å². The Morgan fingerprint density at radius 1 is 0.893 bits per heavy atom. The van der Waals surface area contributed by atoms with Gasteiger partial charge >= 0.3 is 0 Å². The number of fused-ring (bicyclic) bond motifs is 3. The van der Waals surface area contributed by atoms with Crippen LogP contribution in [0.3, 0.4) is 0 Å². The van der Waals surface area contributed by atoms with Gasteiger partial charge in [-0.2, -0.15) is 0 Å². The van der Waals surface area contributed by atoms with Gasteiger partial charge in [-0.1, -0.05) is 42.1 Å². The van der Waals surface area contributed by atoms with Crippen molar-refractivity contribution in [2.24, 2.45) is 0 Å². The van der Waals surface area contributed by atoms with Crippen molar-refractivity contribution in [1.29, 1.82) is 0 Å². The van der Waals surface area contributed by atoms with Crippen LogP contribution in [0.4, 0.5) is 11.4 Å². The molecule has 0 amide bonds. The van der Waals surface area contributed by atoms with E-state index in [-0.39, 0.29) is 15.4 Å². The maximum Gasteiger partial charge on any atom is 0.211 e. The van der Waals surface area contributed by atoms with E-state index in [9.17, 15) is 13.2 Å². The second kappa shape index (κ2) is 6.09. The maximum absolute atomic E-state index is 12.8. The molecule has 0 aromatic heterocycles. The van der Waals surface area contributed by atoms with Gasteiger partial charge in [0.25, 0.3) is 0 Å². The van der Waals surface area contributed by atoms with Gasteiger partial charge in [0, 0.05) is 22.4 Å². The van der Waals surface area contributed by atoms with Crippen LogP contribution in [-0.2, 0) is 9.84 Å². The van der Waals surface area contributed by atoms with E-state index in [1.807, 2.05) is 37.4 Å². The van der Waals surface area contributed by atoms with E-state index >= 15 is 0 Å². The standard InChI is InChI=1S/C22H15NO3S2/c1-23-16-7-3-4-8-18(16)27-19-12-14(10-11-17(19)23)13-21-22(24)15-6-2-5-9-20(15)28(21,25)26/h2-13H,1H3/b21-13+. The van der Waals surface area contributed by atoms with Gasteiger partial charge in [-0.25, -0.2) is 8.42 Å². The monoisotopic (exact) mass is 405 g/mol. The maximum atomic E-state index is 12.8. The van der Waals surface area contributed by atoms with Gasteiger partial charge in [0.05, 0.1) is 16.3 Å². The first-order valence-corrected chi connectivity index (χ1v) is 11.0. The molecule has 0 atom stereocenters. The van der Waals surface area contributed by atoms with E-state index in [0.717, 1.165) is 21.2 Å². The molecular weight excluding hydrogens is 390 g/mol. The van der Waals surface area contributed by atoms with Gasteiger partial charge in [-0.3, -0.25) is 4.79 Å². The van der Waals surface area contributed by atoms with Crippen LogP contribution in [0.1, 0.15) is 15.9 Å². The first kappa shape index (κ1) is 17.3. The molecule has 138 valence electrons. The number of nitrogens with zero attached hydrogens (tertiary/aromatic N) is 1. The first-order valence-electron chi connectivity index (χ1n) is 8.72. The van der Waals surface area contributed by atoms with Crippen molar-refractivity contribution in [1.82, 2.24) is 0 Å². The number of benzene rings is 3. The van der Waals surface area contributed by atoms with Gasteiger partial charge in [0.1, 0.15) is 4.91 Å². The summed E-state index contributed by atoms with van der Waals surface area (Å²) in [7, 11) is -1.77. The highest BCUT2D eigenvalue weighted by Crippen LogP contribution is 2.47. The lowest BCUT2D eigenvalue weighted by Gasteiger charge is -2.29. The van der Waals surface area contributed by atoms with Crippen molar-refractivity contribution >= 4 is 44.8 Å². The van der Waals surface area contributed by atoms with Crippen LogP contribution in [0.2, 0.25) is 0 Å². The molecule has 3 aromatic carbocycles. The van der Waals surface area contributed by atoms with Gasteiger partial charge in [0.15, 0.2) is 0 Å². The molecule has 0 aliphatic carbocycles. The van der Waals surface area contributed by atoms with E-state index in [1.54, 1.807) is 30.0 Å². The fourth-order valence-corrected chi connectivity index (χ4v) is 6.39. The summed E-state index contributed by atoms with van der Waals surface area (Å²) in [6.07, 6.45) is 1.49. The highest BCUT2D eigenvalue weighted by molar-refractivity contribution is 7.99. The van der Waals surface area contributed by atoms with E-state index < -0.39 is 15.6 Å². The Balaban J connectivity index is 1.60. The fraction of sp³-hybridized carbons (Fsp3) is 0.0455. The zero-order valence-corrected chi connectivity index (χ0v) is 16.5. The summed E-state index contributed by atoms with van der Waals surface area (Å²) in [6, 6.07) is 20.2. The number of carbonyl (C=O) groups is 1. The zero-order valence-electron chi connectivity index (χ0n) is 14.9. The van der Waals surface area contributed by atoms with Crippen LogP contribution < -0.4 is 4.90 Å². The van der Waals surface area contributed by atoms with Gasteiger partial charge in [0.2, 0.25) is 15.6 Å². The number of hydrogen-bond acceptors (Lipinski definition) is 5. The Morgan fingerprint density at radius 2 is 1.61 bits per heavy atom. The molecule has 0 bridgehead atoms. The molecule has 6 heteroatoms. The van der Waals surface area contributed by atoms with Crippen molar-refractivity contribution in [2.45, 2.75) is 14.7 Å². The molecule has 0 saturated heterocycles. The number of rotatable bonds is 1. The number of hydrogen-bond donors (Lipinski definition) is 0. The van der Waals surface area contributed by atoms with Crippen molar-refractivity contribution in [3.05, 3.63) is 82.8 Å². The van der Waals surface area contributed by atoms with E-state index in [0.29, 0.717) is 5.56 Å². The van der Waals surface area contributed by atoms with Crippen molar-refractivity contribution in [3.63, 3.8) is 0 Å². The number of para-hydroxylation sites is 1. The lowest BCUT2D eigenvalue weighted by Crippen LogP contribution is -2.14. The summed E-state index contributed by atoms with van der Waals surface area (Å²) < 4.78 is 25.6. The summed E-state index contributed by atoms with van der Waals surface area (Å²) in [5.74, 6) is -0.441. The lowest BCUT2D eigenvalue weighted by atomic mass is 10.1. The molecule has 0 radical (unpaired) electrons. The Kier molecular flexibility index (Phi) is 3.76. The summed E-state index contributed by atoms with van der Waals surface area (Å²) >= 11 is 1.64. The first-order chi connectivity index (χ1) is 13.5. The molecule has 5 rings (SSSR count). The zero-order chi connectivity index (χ0) is 19.5. The fourth-order valence-electron chi connectivity index (χ4n) is 3.60. The topological polar surface area (TPSA) is 54.5 Å². The van der Waals surface area contributed by atoms with Gasteiger partial charge in [-0.15, -0.1) is 0 Å². The molecule has 0 spiro atoms. The van der Waals surface area contributed by atoms with Crippen LogP contribution in [0.5, 0.6) is 0 Å². The highest BCUT2D eigenvalue weighted by atomic mass is 32.2. The second-order valence-electron chi connectivity index (χ2n) is 6.69. The molecule has 3 aromatic rings. The van der Waals surface area contributed by atoms with Crippen LogP contribution in [0.25, 0.3) is 6.08 Å². The van der Waals surface area contributed by atoms with Gasteiger partial charge in [-0.05, 0) is 48.0 Å². The summed E-state index contributed by atoms with van der Waals surface area (Å²) in [6.45, 7) is 0. The number of allylic oxidation sites excluding steroid dienone is 1. The van der Waals surface area contributed by atoms with Crippen molar-refractivity contribution in [3.8, 4) is 0 Å². The second-order valence-corrected chi connectivity index (χ2v) is 9.66. The number of carbonyl (C=O) groups excluding carboxylic acids is 1. The molecule has 0 unspecified atom stereocenters. The summed E-state index contributed by atoms with van der Waals surface area (Å²) in [4.78, 5) is 16.9. The number of ketones is 1. The molecule has 0 saturated carbocycles. The average molecular weight is 406 g/mol. The summed E-state index contributed by atoms with van der Waals surface area (Å²) in [5, 5.41) is 0. The largest absolute Gasteiger partial charge is 0.343 e. The molecule has 2 heterocycles. The Bertz CT molecular complexity index is 1290. The predicted octanol–water partition coefficient (Wildman–Crippen LogP) is 4.93. The number of Topliss-reactive ketones (excluding diaryl/α,β-unsaturated/α-hetero) is 1. The third-order valence-electron chi connectivity index (χ3n) is 5.02. The van der Waals surface area contributed by atoms with Crippen LogP contribution >= 0.6 is 11.8 Å². The van der Waals surface area contributed by atoms with Crippen molar-refractivity contribution < 1.29 is 13.2 Å². The van der Waals surface area contributed by atoms with E-state index in [1.165, 1.54) is 12.1 Å². The third-order valence-corrected chi connectivity index (χ3v) is 7.95. The van der Waals surface area contributed by atoms with Gasteiger partial charge < -0.3 is 4.90 Å². The Labute approximate surface area is 167 Å². The van der Waals surface area contributed by atoms with Crippen molar-refractivity contribution in [2.75, 3.05) is 11.9 Å². The minimum absolute atomic E-state index is 0.0900. The molecule has 2 aliphatic rings. The molecule has 4 nitrogen and oxygen atoms in total. The normalized spacial score (nSPS) is 18.0.